The average molecular weight is 353 g/mol. The zero-order chi connectivity index (χ0) is 19.5. The molecule has 140 valence electrons. The van der Waals surface area contributed by atoms with Crippen LogP contribution in [0.25, 0.3) is 0 Å². The Hall–Kier alpha value is -2.26. The minimum Gasteiger partial charge on any atom is -0.388 e. The summed E-state index contributed by atoms with van der Waals surface area (Å²) in [5.74, 6) is 0. The molecule has 2 aromatic rings. The van der Waals surface area contributed by atoms with E-state index in [9.17, 15) is 0 Å². The topological polar surface area (TPSA) is 34.0 Å². The largest absolute Gasteiger partial charge is 0.388 e. The molecule has 2 heterocycles. The highest BCUT2D eigenvalue weighted by atomic mass is 16.4. The lowest BCUT2D eigenvalue weighted by atomic mass is 10.0. The Balaban J connectivity index is 0.000000431. The summed E-state index contributed by atoms with van der Waals surface area (Å²) in [5, 5.41) is 0. The van der Waals surface area contributed by atoms with Crippen LogP contribution in [0.1, 0.15) is 51.3 Å². The van der Waals surface area contributed by atoms with Gasteiger partial charge in [0.05, 0.1) is 17.1 Å². The van der Waals surface area contributed by atoms with Crippen molar-refractivity contribution >= 4 is 22.8 Å². The Morgan fingerprint density at radius 1 is 0.769 bits per heavy atom. The molecule has 26 heavy (non-hydrogen) atoms. The molecule has 0 aliphatic carbocycles. The van der Waals surface area contributed by atoms with E-state index >= 15 is 0 Å². The smallest absolute Gasteiger partial charge is 0.0673 e. The van der Waals surface area contributed by atoms with Gasteiger partial charge in [-0.2, -0.15) is 0 Å². The van der Waals surface area contributed by atoms with Crippen LogP contribution in [0.4, 0.5) is 11.4 Å². The van der Waals surface area contributed by atoms with Crippen molar-refractivity contribution in [2.45, 2.75) is 47.5 Å². The number of aliphatic imine (C=N–C) groups is 2. The number of hydrogen-bond acceptors (Lipinski definition) is 3. The molecule has 0 saturated carbocycles. The molecule has 0 fully saturated rings. The Kier molecular flexibility index (Phi) is 9.53. The fourth-order valence-electron chi connectivity index (χ4n) is 2.84. The summed E-state index contributed by atoms with van der Waals surface area (Å²) in [6, 6.07) is 14.8. The van der Waals surface area contributed by atoms with Gasteiger partial charge in [-0.1, -0.05) is 58.0 Å². The van der Waals surface area contributed by atoms with Crippen LogP contribution in [-0.2, 0) is 17.6 Å². The lowest BCUT2D eigenvalue weighted by Crippen LogP contribution is -1.99. The fraction of sp³-hybridized carbons (Fsp3) is 0.391. The maximum Gasteiger partial charge on any atom is 0.0673 e. The van der Waals surface area contributed by atoms with Crippen LogP contribution in [0.15, 0.2) is 52.4 Å². The van der Waals surface area contributed by atoms with Gasteiger partial charge < -0.3 is 4.74 Å². The molecule has 0 N–H and O–H groups in total. The van der Waals surface area contributed by atoms with Gasteiger partial charge in [-0.15, -0.1) is 0 Å². The third-order valence-corrected chi connectivity index (χ3v) is 3.76. The van der Waals surface area contributed by atoms with Crippen molar-refractivity contribution in [3.8, 4) is 0 Å². The third-order valence-electron chi connectivity index (χ3n) is 3.76. The molecule has 0 spiro atoms. The molecular formula is C23H32N2O. The molecule has 2 aliphatic heterocycles. The second-order valence-electron chi connectivity index (χ2n) is 5.64. The SMILES string of the molecule is CC.CC.CC1=Nc2cc3c(cc2C1)N=C(c1ccccc1)C3.COC. The molecule has 4 rings (SSSR count). The van der Waals surface area contributed by atoms with Crippen LogP contribution < -0.4 is 0 Å². The van der Waals surface area contributed by atoms with Crippen molar-refractivity contribution in [3.05, 3.63) is 59.2 Å². The molecule has 2 aliphatic rings. The third kappa shape index (κ3) is 5.37. The van der Waals surface area contributed by atoms with E-state index in [0.717, 1.165) is 24.2 Å². The second-order valence-corrected chi connectivity index (χ2v) is 5.64. The highest BCUT2D eigenvalue weighted by Gasteiger charge is 2.20. The standard InChI is InChI=1S/C17H14N2.C2H6O.2C2H6/c1-11-7-13-8-17-14(10-16(13)18-11)9-15(19-17)12-5-3-2-4-6-12;1-3-2;2*1-2/h2-6,8,10H,7,9H2,1H3;1-2H3;2*1-2H3. The van der Waals surface area contributed by atoms with Gasteiger partial charge in [0.2, 0.25) is 0 Å². The van der Waals surface area contributed by atoms with Crippen LogP contribution in [0.3, 0.4) is 0 Å². The first-order chi connectivity index (χ1) is 12.7. The zero-order valence-electron chi connectivity index (χ0n) is 17.3. The number of methoxy groups -OCH3 is 1. The summed E-state index contributed by atoms with van der Waals surface area (Å²) in [6.45, 7) is 10.1. The van der Waals surface area contributed by atoms with Crippen molar-refractivity contribution in [2.24, 2.45) is 9.98 Å². The quantitative estimate of drug-likeness (QED) is 0.590. The molecule has 0 amide bonds. The first kappa shape index (κ1) is 21.8. The highest BCUT2D eigenvalue weighted by Crippen LogP contribution is 2.37. The Morgan fingerprint density at radius 2 is 1.27 bits per heavy atom. The lowest BCUT2D eigenvalue weighted by molar-refractivity contribution is 0.277. The molecule has 0 aromatic heterocycles. The zero-order valence-corrected chi connectivity index (χ0v) is 17.3. The fourth-order valence-corrected chi connectivity index (χ4v) is 2.84. The predicted molar refractivity (Wildman–Crippen MR) is 115 cm³/mol. The number of nitrogens with zero attached hydrogens (tertiary/aromatic N) is 2. The van der Waals surface area contributed by atoms with E-state index in [2.05, 4.69) is 53.1 Å². The normalized spacial score (nSPS) is 12.7. The summed E-state index contributed by atoms with van der Waals surface area (Å²) in [6.07, 6.45) is 1.89. The van der Waals surface area contributed by atoms with Crippen LogP contribution in [0.2, 0.25) is 0 Å². The summed E-state index contributed by atoms with van der Waals surface area (Å²) in [5.41, 5.74) is 8.47. The van der Waals surface area contributed by atoms with E-state index in [1.165, 1.54) is 28.1 Å². The average Bonchev–Trinajstić information content (AvgIpc) is 3.25. The van der Waals surface area contributed by atoms with E-state index in [-0.39, 0.29) is 0 Å². The van der Waals surface area contributed by atoms with Crippen molar-refractivity contribution in [2.75, 3.05) is 14.2 Å². The van der Waals surface area contributed by atoms with Crippen LogP contribution in [0.5, 0.6) is 0 Å². The van der Waals surface area contributed by atoms with Gasteiger partial charge in [0.1, 0.15) is 0 Å². The summed E-state index contributed by atoms with van der Waals surface area (Å²) >= 11 is 0. The summed E-state index contributed by atoms with van der Waals surface area (Å²) < 4.78 is 4.25. The number of rotatable bonds is 1. The lowest BCUT2D eigenvalue weighted by Gasteiger charge is -2.01. The molecule has 2 aromatic carbocycles. The molecular weight excluding hydrogens is 320 g/mol. The predicted octanol–water partition coefficient (Wildman–Crippen LogP) is 6.33. The van der Waals surface area contributed by atoms with Gasteiger partial charge in [-0.05, 0) is 35.7 Å². The Morgan fingerprint density at radius 3 is 1.85 bits per heavy atom. The van der Waals surface area contributed by atoms with Crippen molar-refractivity contribution < 1.29 is 4.74 Å². The van der Waals surface area contributed by atoms with Gasteiger partial charge in [0.25, 0.3) is 0 Å². The minimum absolute atomic E-state index is 0.918. The molecule has 3 heteroatoms. The Labute approximate surface area is 158 Å². The van der Waals surface area contributed by atoms with Gasteiger partial charge in [0, 0.05) is 32.8 Å². The van der Waals surface area contributed by atoms with Gasteiger partial charge >= 0.3 is 0 Å². The number of fused-ring (bicyclic) bond motifs is 2. The highest BCUT2D eigenvalue weighted by molar-refractivity contribution is 6.07. The molecule has 0 radical (unpaired) electrons. The van der Waals surface area contributed by atoms with E-state index < -0.39 is 0 Å². The monoisotopic (exact) mass is 352 g/mol. The van der Waals surface area contributed by atoms with E-state index in [1.807, 2.05) is 33.8 Å². The molecule has 3 nitrogen and oxygen atoms in total. The van der Waals surface area contributed by atoms with Crippen LogP contribution in [0, 0.1) is 0 Å². The Bertz CT molecular complexity index is 746. The van der Waals surface area contributed by atoms with Crippen LogP contribution >= 0.6 is 0 Å². The first-order valence-electron chi connectivity index (χ1n) is 9.44. The van der Waals surface area contributed by atoms with E-state index in [4.69, 9.17) is 4.99 Å². The summed E-state index contributed by atoms with van der Waals surface area (Å²) in [7, 11) is 3.25. The van der Waals surface area contributed by atoms with Crippen molar-refractivity contribution in [1.29, 1.82) is 0 Å². The van der Waals surface area contributed by atoms with Crippen molar-refractivity contribution in [3.63, 3.8) is 0 Å². The van der Waals surface area contributed by atoms with E-state index in [0.29, 0.717) is 0 Å². The van der Waals surface area contributed by atoms with Crippen LogP contribution in [-0.4, -0.2) is 25.6 Å². The van der Waals surface area contributed by atoms with E-state index in [1.54, 1.807) is 14.2 Å². The molecule has 0 bridgehead atoms. The maximum atomic E-state index is 4.79. The molecule has 0 unspecified atom stereocenters. The minimum atomic E-state index is 0.918. The van der Waals surface area contributed by atoms with Gasteiger partial charge in [0.15, 0.2) is 0 Å². The maximum absolute atomic E-state index is 4.79. The number of hydrogen-bond donors (Lipinski definition) is 0. The summed E-state index contributed by atoms with van der Waals surface area (Å²) in [4.78, 5) is 9.38. The van der Waals surface area contributed by atoms with Gasteiger partial charge in [-0.25, -0.2) is 0 Å². The first-order valence-corrected chi connectivity index (χ1v) is 9.44. The molecule has 0 saturated heterocycles. The van der Waals surface area contributed by atoms with Gasteiger partial charge in [-0.3, -0.25) is 9.98 Å². The van der Waals surface area contributed by atoms with Crippen molar-refractivity contribution in [1.82, 2.24) is 0 Å². The number of benzene rings is 2. The molecule has 0 atom stereocenters. The second kappa shape index (κ2) is 11.4. The number of ether oxygens (including phenoxy) is 1.